The van der Waals surface area contributed by atoms with Crippen LogP contribution in [0.3, 0.4) is 0 Å². The van der Waals surface area contributed by atoms with Crippen molar-refractivity contribution in [2.45, 2.75) is 44.4 Å². The SMILES string of the molecule is O=C(O)C(F)(F)F.O=C(O)C(F)(F)F.c1cc(COC[C@@]23CCO[C@@H]2CCN(Cc2ccoc2)C3)ccn1. The Kier molecular flexibility index (Phi) is 11.1. The molecule has 2 aromatic heterocycles. The van der Waals surface area contributed by atoms with Crippen molar-refractivity contribution in [3.05, 3.63) is 54.2 Å². The van der Waals surface area contributed by atoms with E-state index in [0.717, 1.165) is 45.7 Å². The van der Waals surface area contributed by atoms with Gasteiger partial charge in [-0.05, 0) is 36.6 Å². The van der Waals surface area contributed by atoms with Crippen LogP contribution in [0.25, 0.3) is 0 Å². The van der Waals surface area contributed by atoms with Crippen LogP contribution >= 0.6 is 0 Å². The van der Waals surface area contributed by atoms with Crippen LogP contribution in [0, 0.1) is 5.41 Å². The minimum atomic E-state index is -5.08. The van der Waals surface area contributed by atoms with Crippen LogP contribution in [0.4, 0.5) is 26.3 Å². The number of aliphatic carboxylic acids is 2. The summed E-state index contributed by atoms with van der Waals surface area (Å²) < 4.78 is 80.8. The summed E-state index contributed by atoms with van der Waals surface area (Å²) in [5.41, 5.74) is 2.53. The Balaban J connectivity index is 0.000000301. The third-order valence-electron chi connectivity index (χ3n) is 5.73. The number of pyridine rings is 1. The zero-order chi connectivity index (χ0) is 28.4. The number of piperidine rings is 1. The zero-order valence-corrected chi connectivity index (χ0v) is 19.9. The molecule has 2 N–H and O–H groups in total. The zero-order valence-electron chi connectivity index (χ0n) is 19.9. The minimum Gasteiger partial charge on any atom is -0.475 e. The van der Waals surface area contributed by atoms with Gasteiger partial charge in [0.15, 0.2) is 0 Å². The van der Waals surface area contributed by atoms with Gasteiger partial charge >= 0.3 is 24.3 Å². The highest BCUT2D eigenvalue weighted by molar-refractivity contribution is 5.73. The van der Waals surface area contributed by atoms with Crippen molar-refractivity contribution in [3.8, 4) is 0 Å². The Bertz CT molecular complexity index is 978. The Morgan fingerprint density at radius 2 is 1.66 bits per heavy atom. The molecule has 2 aromatic rings. The van der Waals surface area contributed by atoms with Gasteiger partial charge < -0.3 is 24.1 Å². The average molecular weight is 556 g/mol. The largest absolute Gasteiger partial charge is 0.490 e. The molecule has 0 bridgehead atoms. The fourth-order valence-electron chi connectivity index (χ4n) is 3.97. The first-order valence-electron chi connectivity index (χ1n) is 11.1. The number of carboxylic acid groups (broad SMARTS) is 2. The summed E-state index contributed by atoms with van der Waals surface area (Å²) in [4.78, 5) is 24.3. The van der Waals surface area contributed by atoms with Gasteiger partial charge in [-0.15, -0.1) is 0 Å². The highest BCUT2D eigenvalue weighted by Crippen LogP contribution is 2.41. The third kappa shape index (κ3) is 9.95. The molecule has 4 heterocycles. The number of halogens is 6. The van der Waals surface area contributed by atoms with Crippen LogP contribution in [0.2, 0.25) is 0 Å². The number of fused-ring (bicyclic) bond motifs is 1. The molecular formula is C23H26F6N2O7. The van der Waals surface area contributed by atoms with Gasteiger partial charge in [-0.2, -0.15) is 26.3 Å². The maximum atomic E-state index is 10.6. The van der Waals surface area contributed by atoms with Crippen LogP contribution in [0.5, 0.6) is 0 Å². The lowest BCUT2D eigenvalue weighted by molar-refractivity contribution is -0.193. The number of aromatic nitrogens is 1. The fourth-order valence-corrected chi connectivity index (χ4v) is 3.97. The molecular weight excluding hydrogens is 530 g/mol. The van der Waals surface area contributed by atoms with Gasteiger partial charge in [-0.1, -0.05) is 0 Å². The topological polar surface area (TPSA) is 122 Å². The molecule has 9 nitrogen and oxygen atoms in total. The quantitative estimate of drug-likeness (QED) is 0.506. The maximum Gasteiger partial charge on any atom is 0.490 e. The number of carboxylic acids is 2. The van der Waals surface area contributed by atoms with Crippen molar-refractivity contribution >= 4 is 11.9 Å². The van der Waals surface area contributed by atoms with Crippen LogP contribution in [0.1, 0.15) is 24.0 Å². The van der Waals surface area contributed by atoms with Crippen molar-refractivity contribution in [2.24, 2.45) is 5.41 Å². The van der Waals surface area contributed by atoms with Gasteiger partial charge in [0.05, 0.1) is 31.8 Å². The molecule has 2 fully saturated rings. The Labute approximate surface area is 213 Å². The van der Waals surface area contributed by atoms with Crippen molar-refractivity contribution < 1.29 is 60.0 Å². The fraction of sp³-hybridized carbons (Fsp3) is 0.522. The first kappa shape index (κ1) is 31.1. The van der Waals surface area contributed by atoms with E-state index in [4.69, 9.17) is 33.7 Å². The molecule has 212 valence electrons. The molecule has 2 atom stereocenters. The molecule has 0 radical (unpaired) electrons. The summed E-state index contributed by atoms with van der Waals surface area (Å²) in [5, 5.41) is 14.2. The summed E-state index contributed by atoms with van der Waals surface area (Å²) >= 11 is 0. The van der Waals surface area contributed by atoms with Crippen molar-refractivity contribution in [1.29, 1.82) is 0 Å². The normalized spacial score (nSPS) is 21.4. The Morgan fingerprint density at radius 1 is 1.05 bits per heavy atom. The molecule has 2 saturated heterocycles. The van der Waals surface area contributed by atoms with Gasteiger partial charge in [0.1, 0.15) is 0 Å². The standard InChI is InChI=1S/C19H24N2O3.2C2HF3O2/c1-6-20-7-2-16(1)12-23-15-19-5-10-24-18(19)3-8-21(14-19)11-17-4-9-22-13-17;2*3-2(4,5)1(6)7/h1-2,4,6-7,9,13,18H,3,5,8,10-12,14-15H2;2*(H,6,7)/t18-,19+;;/m1../s1. The highest BCUT2D eigenvalue weighted by atomic mass is 19.4. The average Bonchev–Trinajstić information content (AvgIpc) is 3.49. The Hall–Kier alpha value is -3.17. The first-order chi connectivity index (χ1) is 17.7. The molecule has 0 spiro atoms. The lowest BCUT2D eigenvalue weighted by Gasteiger charge is -2.43. The number of carbonyl (C=O) groups is 2. The van der Waals surface area contributed by atoms with E-state index >= 15 is 0 Å². The monoisotopic (exact) mass is 556 g/mol. The summed E-state index contributed by atoms with van der Waals surface area (Å²) in [6.07, 6.45) is -0.474. The molecule has 2 aliphatic rings. The van der Waals surface area contributed by atoms with Crippen LogP contribution in [-0.4, -0.2) is 76.8 Å². The van der Waals surface area contributed by atoms with Crippen molar-refractivity contribution in [3.63, 3.8) is 0 Å². The van der Waals surface area contributed by atoms with Gasteiger partial charge in [0.25, 0.3) is 0 Å². The third-order valence-corrected chi connectivity index (χ3v) is 5.73. The van der Waals surface area contributed by atoms with E-state index in [1.807, 2.05) is 36.9 Å². The molecule has 0 saturated carbocycles. The lowest BCUT2D eigenvalue weighted by atomic mass is 9.77. The molecule has 0 aliphatic carbocycles. The van der Waals surface area contributed by atoms with Gasteiger partial charge in [0.2, 0.25) is 0 Å². The number of likely N-dealkylation sites (tertiary alicyclic amines) is 1. The second-order valence-corrected chi connectivity index (χ2v) is 8.56. The van der Waals surface area contributed by atoms with E-state index in [2.05, 4.69) is 9.88 Å². The van der Waals surface area contributed by atoms with E-state index < -0.39 is 24.3 Å². The van der Waals surface area contributed by atoms with Gasteiger partial charge in [0, 0.05) is 49.6 Å². The van der Waals surface area contributed by atoms with Crippen LogP contribution in [-0.2, 0) is 32.2 Å². The van der Waals surface area contributed by atoms with E-state index in [1.165, 1.54) is 11.1 Å². The molecule has 38 heavy (non-hydrogen) atoms. The van der Waals surface area contributed by atoms with Gasteiger partial charge in [-0.3, -0.25) is 9.88 Å². The van der Waals surface area contributed by atoms with Crippen molar-refractivity contribution in [2.75, 3.05) is 26.3 Å². The number of alkyl halides is 6. The molecule has 4 rings (SSSR count). The second-order valence-electron chi connectivity index (χ2n) is 8.56. The van der Waals surface area contributed by atoms with E-state index in [1.54, 1.807) is 6.26 Å². The Morgan fingerprint density at radius 3 is 2.18 bits per heavy atom. The second kappa shape index (κ2) is 13.6. The summed E-state index contributed by atoms with van der Waals surface area (Å²) in [6.45, 7) is 5.28. The number of furan rings is 1. The maximum absolute atomic E-state index is 10.6. The molecule has 0 amide bonds. The number of hydrogen-bond acceptors (Lipinski definition) is 7. The predicted octanol–water partition coefficient (Wildman–Crippen LogP) is 4.14. The van der Waals surface area contributed by atoms with E-state index in [9.17, 15) is 26.3 Å². The molecule has 0 unspecified atom stereocenters. The summed E-state index contributed by atoms with van der Waals surface area (Å²) in [7, 11) is 0. The van der Waals surface area contributed by atoms with Crippen LogP contribution in [0.15, 0.2) is 47.5 Å². The van der Waals surface area contributed by atoms with E-state index in [0.29, 0.717) is 12.7 Å². The van der Waals surface area contributed by atoms with Gasteiger partial charge in [-0.25, -0.2) is 9.59 Å². The number of ether oxygens (including phenoxy) is 2. The highest BCUT2D eigenvalue weighted by Gasteiger charge is 2.48. The van der Waals surface area contributed by atoms with E-state index in [-0.39, 0.29) is 5.41 Å². The number of hydrogen-bond donors (Lipinski definition) is 2. The predicted molar refractivity (Wildman–Crippen MR) is 117 cm³/mol. The molecule has 2 aliphatic heterocycles. The van der Waals surface area contributed by atoms with Crippen LogP contribution < -0.4 is 0 Å². The lowest BCUT2D eigenvalue weighted by Crippen LogP contribution is -2.51. The molecule has 0 aromatic carbocycles. The molecule has 15 heteroatoms. The summed E-state index contributed by atoms with van der Waals surface area (Å²) in [5.74, 6) is -5.51. The summed E-state index contributed by atoms with van der Waals surface area (Å²) in [6, 6.07) is 6.06. The van der Waals surface area contributed by atoms with Crippen molar-refractivity contribution in [1.82, 2.24) is 9.88 Å². The minimum absolute atomic E-state index is 0.120. The smallest absolute Gasteiger partial charge is 0.475 e. The number of nitrogens with zero attached hydrogens (tertiary/aromatic N) is 2. The number of rotatable bonds is 6. The first-order valence-corrected chi connectivity index (χ1v) is 11.1.